The highest BCUT2D eigenvalue weighted by molar-refractivity contribution is 7.92. The van der Waals surface area contributed by atoms with Gasteiger partial charge >= 0.3 is 0 Å². The number of nitrogens with one attached hydrogen (secondary N) is 1. The Bertz CT molecular complexity index is 745. The molecule has 0 unspecified atom stereocenters. The van der Waals surface area contributed by atoms with Crippen molar-refractivity contribution in [1.82, 2.24) is 5.32 Å². The molecular weight excluding hydrogens is 330 g/mol. The van der Waals surface area contributed by atoms with Crippen LogP contribution in [0.4, 0.5) is 0 Å². The van der Waals surface area contributed by atoms with Gasteiger partial charge in [-0.2, -0.15) is 0 Å². The highest BCUT2D eigenvalue weighted by Gasteiger charge is 2.30. The van der Waals surface area contributed by atoms with Gasteiger partial charge in [-0.25, -0.2) is 8.42 Å². The van der Waals surface area contributed by atoms with Crippen LogP contribution in [-0.2, 0) is 14.6 Å². The van der Waals surface area contributed by atoms with E-state index < -0.39 is 21.5 Å². The van der Waals surface area contributed by atoms with E-state index in [2.05, 4.69) is 5.32 Å². The summed E-state index contributed by atoms with van der Waals surface area (Å²) in [4.78, 5) is 13.5. The molecule has 2 aromatic rings. The average Bonchev–Trinajstić information content (AvgIpc) is 2.98. The highest BCUT2D eigenvalue weighted by atomic mass is 32.2. The second-order valence-corrected chi connectivity index (χ2v) is 9.42. The maximum absolute atomic E-state index is 12.3. The van der Waals surface area contributed by atoms with Gasteiger partial charge in [0.05, 0.1) is 10.9 Å². The monoisotopic (exact) mass is 351 g/mol. The Morgan fingerprint density at radius 1 is 1.13 bits per heavy atom. The molecule has 0 bridgehead atoms. The molecule has 0 saturated carbocycles. The van der Waals surface area contributed by atoms with Gasteiger partial charge in [0.25, 0.3) is 0 Å². The number of benzene rings is 1. The largest absolute Gasteiger partial charge is 0.347 e. The minimum atomic E-state index is -3.63. The molecule has 0 saturated heterocycles. The molecule has 1 atom stereocenters. The van der Waals surface area contributed by atoms with Crippen LogP contribution in [-0.4, -0.2) is 20.1 Å². The number of rotatable bonds is 5. The molecular formula is C17H21NO3S2. The smallest absolute Gasteiger partial charge is 0.236 e. The Kier molecular flexibility index (Phi) is 5.26. The molecule has 1 amide bonds. The molecule has 1 heterocycles. The van der Waals surface area contributed by atoms with Crippen molar-refractivity contribution < 1.29 is 13.2 Å². The first-order chi connectivity index (χ1) is 10.7. The van der Waals surface area contributed by atoms with Crippen molar-refractivity contribution in [3.63, 3.8) is 0 Å². The second-order valence-electron chi connectivity index (χ2n) is 6.45. The van der Waals surface area contributed by atoms with E-state index in [1.807, 2.05) is 38.3 Å². The number of hydrogen-bond acceptors (Lipinski definition) is 4. The molecule has 0 radical (unpaired) electrons. The van der Waals surface area contributed by atoms with Crippen molar-refractivity contribution in [1.29, 1.82) is 0 Å². The predicted octanol–water partition coefficient (Wildman–Crippen LogP) is 3.43. The lowest BCUT2D eigenvalue weighted by molar-refractivity contribution is -0.120. The molecule has 2 rings (SSSR count). The van der Waals surface area contributed by atoms with Gasteiger partial charge in [-0.15, -0.1) is 11.3 Å². The first-order valence-corrected chi connectivity index (χ1v) is 9.84. The number of hydrogen-bond donors (Lipinski definition) is 1. The van der Waals surface area contributed by atoms with E-state index in [9.17, 15) is 13.2 Å². The van der Waals surface area contributed by atoms with Crippen LogP contribution in [0.1, 0.15) is 31.7 Å². The number of thiophene rings is 1. The molecule has 0 aliphatic rings. The zero-order valence-corrected chi connectivity index (χ0v) is 15.1. The summed E-state index contributed by atoms with van der Waals surface area (Å²) in [7, 11) is -3.63. The van der Waals surface area contributed by atoms with E-state index in [4.69, 9.17) is 0 Å². The van der Waals surface area contributed by atoms with Crippen molar-refractivity contribution in [2.45, 2.75) is 31.7 Å². The van der Waals surface area contributed by atoms with Gasteiger partial charge < -0.3 is 5.32 Å². The van der Waals surface area contributed by atoms with Crippen LogP contribution in [0.15, 0.2) is 52.7 Å². The van der Waals surface area contributed by atoms with Crippen LogP contribution in [0.5, 0.6) is 0 Å². The lowest BCUT2D eigenvalue weighted by atomic mass is 9.86. The number of sulfone groups is 1. The summed E-state index contributed by atoms with van der Waals surface area (Å²) >= 11 is 1.55. The Hall–Kier alpha value is -1.66. The van der Waals surface area contributed by atoms with Crippen LogP contribution in [0.2, 0.25) is 0 Å². The van der Waals surface area contributed by atoms with Gasteiger partial charge in [0, 0.05) is 4.88 Å². The van der Waals surface area contributed by atoms with Crippen LogP contribution in [0.25, 0.3) is 0 Å². The first-order valence-electron chi connectivity index (χ1n) is 7.31. The summed E-state index contributed by atoms with van der Waals surface area (Å²) < 4.78 is 24.6. The van der Waals surface area contributed by atoms with Crippen LogP contribution >= 0.6 is 11.3 Å². The molecule has 0 aliphatic carbocycles. The second kappa shape index (κ2) is 6.84. The summed E-state index contributed by atoms with van der Waals surface area (Å²) in [5.41, 5.74) is -0.211. The van der Waals surface area contributed by atoms with E-state index in [0.717, 1.165) is 4.88 Å². The Morgan fingerprint density at radius 3 is 2.30 bits per heavy atom. The minimum Gasteiger partial charge on any atom is -0.347 e. The van der Waals surface area contributed by atoms with E-state index in [1.54, 1.807) is 29.5 Å². The lowest BCUT2D eigenvalue weighted by Gasteiger charge is -2.30. The molecule has 0 aliphatic heterocycles. The fourth-order valence-corrected chi connectivity index (χ4v) is 4.44. The van der Waals surface area contributed by atoms with Crippen LogP contribution < -0.4 is 5.32 Å². The SMILES string of the molecule is CC(C)(C)[C@H](NC(=O)CS(=O)(=O)c1ccccc1)c1cccs1. The van der Waals surface area contributed by atoms with Gasteiger partial charge in [-0.1, -0.05) is 45.0 Å². The third-order valence-corrected chi connectivity index (χ3v) is 5.99. The molecule has 0 fully saturated rings. The summed E-state index contributed by atoms with van der Waals surface area (Å²) in [5.74, 6) is -1.03. The fourth-order valence-electron chi connectivity index (χ4n) is 2.26. The van der Waals surface area contributed by atoms with Crippen LogP contribution in [0.3, 0.4) is 0 Å². The standard InChI is InChI=1S/C17H21NO3S2/c1-17(2,3)16(14-10-7-11-22-14)18-15(19)12-23(20,21)13-8-5-4-6-9-13/h4-11,16H,12H2,1-3H3,(H,18,19)/t16-/m1/s1. The van der Waals surface area contributed by atoms with E-state index in [0.29, 0.717) is 0 Å². The average molecular weight is 351 g/mol. The normalized spacial score (nSPS) is 13.5. The highest BCUT2D eigenvalue weighted by Crippen LogP contribution is 2.35. The third-order valence-electron chi connectivity index (χ3n) is 3.42. The van der Waals surface area contributed by atoms with E-state index in [1.165, 1.54) is 12.1 Å². The minimum absolute atomic E-state index is 0.165. The molecule has 124 valence electrons. The quantitative estimate of drug-likeness (QED) is 0.898. The van der Waals surface area contributed by atoms with Crippen molar-refractivity contribution in [2.24, 2.45) is 5.41 Å². The van der Waals surface area contributed by atoms with Gasteiger partial charge in [0.1, 0.15) is 5.75 Å². The van der Waals surface area contributed by atoms with Crippen molar-refractivity contribution in [2.75, 3.05) is 5.75 Å². The maximum Gasteiger partial charge on any atom is 0.236 e. The Morgan fingerprint density at radius 2 is 1.78 bits per heavy atom. The fraction of sp³-hybridized carbons (Fsp3) is 0.353. The Labute approximate surface area is 141 Å². The maximum atomic E-state index is 12.3. The van der Waals surface area contributed by atoms with Gasteiger partial charge in [-0.05, 0) is 29.0 Å². The number of carbonyl (C=O) groups excluding carboxylic acids is 1. The van der Waals surface area contributed by atoms with E-state index in [-0.39, 0.29) is 16.4 Å². The lowest BCUT2D eigenvalue weighted by Crippen LogP contribution is -2.39. The molecule has 4 nitrogen and oxygen atoms in total. The van der Waals surface area contributed by atoms with Gasteiger partial charge in [-0.3, -0.25) is 4.79 Å². The van der Waals surface area contributed by atoms with Crippen molar-refractivity contribution >= 4 is 27.1 Å². The number of amides is 1. The molecule has 1 N–H and O–H groups in total. The third kappa shape index (κ3) is 4.65. The van der Waals surface area contributed by atoms with Crippen LogP contribution in [0, 0.1) is 5.41 Å². The summed E-state index contributed by atoms with van der Waals surface area (Å²) in [6, 6.07) is 11.7. The molecule has 6 heteroatoms. The molecule has 1 aromatic heterocycles. The molecule has 0 spiro atoms. The van der Waals surface area contributed by atoms with Gasteiger partial charge in [0.2, 0.25) is 5.91 Å². The summed E-state index contributed by atoms with van der Waals surface area (Å²) in [6.45, 7) is 6.05. The number of carbonyl (C=O) groups is 1. The van der Waals surface area contributed by atoms with Crippen molar-refractivity contribution in [3.05, 3.63) is 52.7 Å². The molecule has 23 heavy (non-hydrogen) atoms. The van der Waals surface area contributed by atoms with Crippen molar-refractivity contribution in [3.8, 4) is 0 Å². The Balaban J connectivity index is 2.14. The zero-order chi connectivity index (χ0) is 17.1. The zero-order valence-electron chi connectivity index (χ0n) is 13.4. The van der Waals surface area contributed by atoms with E-state index >= 15 is 0 Å². The summed E-state index contributed by atoms with van der Waals surface area (Å²) in [6.07, 6.45) is 0. The van der Waals surface area contributed by atoms with Gasteiger partial charge in [0.15, 0.2) is 9.84 Å². The summed E-state index contributed by atoms with van der Waals surface area (Å²) in [5, 5.41) is 4.82. The topological polar surface area (TPSA) is 63.2 Å². The predicted molar refractivity (Wildman–Crippen MR) is 93.2 cm³/mol. The molecule has 1 aromatic carbocycles. The first kappa shape index (κ1) is 17.7.